The molecular formula is C14H16O3S. The van der Waals surface area contributed by atoms with Crippen LogP contribution in [-0.4, -0.2) is 12.2 Å². The molecule has 0 unspecified atom stereocenters. The van der Waals surface area contributed by atoms with Gasteiger partial charge in [0.15, 0.2) is 0 Å². The highest BCUT2D eigenvalue weighted by molar-refractivity contribution is 7.98. The van der Waals surface area contributed by atoms with E-state index in [0.717, 1.165) is 27.7 Å². The van der Waals surface area contributed by atoms with Gasteiger partial charge in [0.1, 0.15) is 11.5 Å². The fraction of sp³-hybridized carbons (Fsp3) is 0.286. The highest BCUT2D eigenvalue weighted by Crippen LogP contribution is 2.36. The highest BCUT2D eigenvalue weighted by Gasteiger charge is 2.14. The summed E-state index contributed by atoms with van der Waals surface area (Å²) in [5, 5.41) is 9.86. The van der Waals surface area contributed by atoms with Crippen LogP contribution in [0.15, 0.2) is 45.9 Å². The van der Waals surface area contributed by atoms with E-state index in [1.165, 1.54) is 0 Å². The molecule has 0 fully saturated rings. The van der Waals surface area contributed by atoms with Crippen molar-refractivity contribution >= 4 is 11.8 Å². The second kappa shape index (κ2) is 5.98. The standard InChI is InChI=1S/C14H16O3S/c1-10(15)14-12(16-2)6-3-7-13(14)18-9-11-5-4-8-17-11/h3-8,10,15H,9H2,1-2H3/t10-/m1/s1. The van der Waals surface area contributed by atoms with E-state index in [1.807, 2.05) is 30.3 Å². The summed E-state index contributed by atoms with van der Waals surface area (Å²) < 4.78 is 10.6. The molecule has 2 rings (SSSR count). The fourth-order valence-electron chi connectivity index (χ4n) is 1.78. The molecule has 0 aliphatic carbocycles. The monoisotopic (exact) mass is 264 g/mol. The first kappa shape index (κ1) is 13.1. The van der Waals surface area contributed by atoms with Crippen molar-refractivity contribution in [1.29, 1.82) is 0 Å². The maximum Gasteiger partial charge on any atom is 0.125 e. The van der Waals surface area contributed by atoms with Gasteiger partial charge in [-0.25, -0.2) is 0 Å². The zero-order valence-electron chi connectivity index (χ0n) is 10.4. The Kier molecular flexibility index (Phi) is 4.33. The van der Waals surface area contributed by atoms with Crippen molar-refractivity contribution in [2.45, 2.75) is 23.7 Å². The molecule has 0 saturated heterocycles. The summed E-state index contributed by atoms with van der Waals surface area (Å²) in [5.74, 6) is 2.37. The lowest BCUT2D eigenvalue weighted by molar-refractivity contribution is 0.191. The van der Waals surface area contributed by atoms with Crippen LogP contribution in [0.1, 0.15) is 24.4 Å². The van der Waals surface area contributed by atoms with Gasteiger partial charge in [-0.05, 0) is 31.2 Å². The molecular weight excluding hydrogens is 248 g/mol. The molecule has 1 aromatic heterocycles. The minimum absolute atomic E-state index is 0.555. The van der Waals surface area contributed by atoms with Gasteiger partial charge in [-0.1, -0.05) is 6.07 Å². The molecule has 0 bridgehead atoms. The predicted octanol–water partition coefficient (Wildman–Crippen LogP) is 3.63. The Morgan fingerprint density at radius 1 is 1.33 bits per heavy atom. The summed E-state index contributed by atoms with van der Waals surface area (Å²) >= 11 is 1.63. The van der Waals surface area contributed by atoms with E-state index in [-0.39, 0.29) is 0 Å². The Labute approximate surface area is 111 Å². The summed E-state index contributed by atoms with van der Waals surface area (Å²) in [6.07, 6.45) is 1.11. The molecule has 1 heterocycles. The molecule has 96 valence electrons. The molecule has 2 aromatic rings. The topological polar surface area (TPSA) is 42.6 Å². The number of hydrogen-bond acceptors (Lipinski definition) is 4. The molecule has 0 saturated carbocycles. The summed E-state index contributed by atoms with van der Waals surface area (Å²) in [7, 11) is 1.61. The van der Waals surface area contributed by atoms with Gasteiger partial charge in [0.25, 0.3) is 0 Å². The highest BCUT2D eigenvalue weighted by atomic mass is 32.2. The average molecular weight is 264 g/mol. The molecule has 1 N–H and O–H groups in total. The summed E-state index contributed by atoms with van der Waals surface area (Å²) in [6, 6.07) is 9.58. The Morgan fingerprint density at radius 3 is 2.78 bits per heavy atom. The maximum atomic E-state index is 9.86. The molecule has 0 radical (unpaired) electrons. The molecule has 1 aromatic carbocycles. The number of rotatable bonds is 5. The molecule has 1 atom stereocenters. The van der Waals surface area contributed by atoms with Crippen LogP contribution < -0.4 is 4.74 Å². The fourth-order valence-corrected chi connectivity index (χ4v) is 2.85. The minimum Gasteiger partial charge on any atom is -0.496 e. The number of ether oxygens (including phenoxy) is 1. The van der Waals surface area contributed by atoms with E-state index in [9.17, 15) is 5.11 Å². The number of furan rings is 1. The van der Waals surface area contributed by atoms with E-state index in [2.05, 4.69) is 0 Å². The largest absolute Gasteiger partial charge is 0.496 e. The van der Waals surface area contributed by atoms with Crippen LogP contribution in [0.2, 0.25) is 0 Å². The summed E-state index contributed by atoms with van der Waals surface area (Å²) in [5.41, 5.74) is 0.830. The summed E-state index contributed by atoms with van der Waals surface area (Å²) in [4.78, 5) is 1.01. The van der Waals surface area contributed by atoms with Crippen molar-refractivity contribution in [1.82, 2.24) is 0 Å². The van der Waals surface area contributed by atoms with Crippen LogP contribution in [-0.2, 0) is 5.75 Å². The lowest BCUT2D eigenvalue weighted by atomic mass is 10.1. The zero-order chi connectivity index (χ0) is 13.0. The quantitative estimate of drug-likeness (QED) is 0.837. The molecule has 0 aliphatic rings. The van der Waals surface area contributed by atoms with Gasteiger partial charge in [-0.2, -0.15) is 0 Å². The first-order valence-corrected chi connectivity index (χ1v) is 6.71. The van der Waals surface area contributed by atoms with E-state index >= 15 is 0 Å². The van der Waals surface area contributed by atoms with E-state index < -0.39 is 6.10 Å². The van der Waals surface area contributed by atoms with Crippen LogP contribution in [0.4, 0.5) is 0 Å². The summed E-state index contributed by atoms with van der Waals surface area (Å²) in [6.45, 7) is 1.74. The van der Waals surface area contributed by atoms with E-state index in [4.69, 9.17) is 9.15 Å². The smallest absolute Gasteiger partial charge is 0.125 e. The number of thioether (sulfide) groups is 1. The van der Waals surface area contributed by atoms with Crippen molar-refractivity contribution in [3.8, 4) is 5.75 Å². The third-order valence-corrected chi connectivity index (χ3v) is 3.71. The average Bonchev–Trinajstić information content (AvgIpc) is 2.88. The predicted molar refractivity (Wildman–Crippen MR) is 71.9 cm³/mol. The second-order valence-corrected chi connectivity index (χ2v) is 4.93. The number of hydrogen-bond donors (Lipinski definition) is 1. The van der Waals surface area contributed by atoms with Crippen LogP contribution in [0.25, 0.3) is 0 Å². The van der Waals surface area contributed by atoms with E-state index in [0.29, 0.717) is 0 Å². The molecule has 0 amide bonds. The van der Waals surface area contributed by atoms with Gasteiger partial charge >= 0.3 is 0 Å². The zero-order valence-corrected chi connectivity index (χ0v) is 11.2. The van der Waals surface area contributed by atoms with Crippen molar-refractivity contribution < 1.29 is 14.3 Å². The first-order chi connectivity index (χ1) is 8.72. The normalized spacial score (nSPS) is 12.4. The Morgan fingerprint density at radius 2 is 2.17 bits per heavy atom. The Balaban J connectivity index is 2.21. The van der Waals surface area contributed by atoms with Gasteiger partial charge in [0.2, 0.25) is 0 Å². The van der Waals surface area contributed by atoms with Gasteiger partial charge in [0, 0.05) is 10.5 Å². The van der Waals surface area contributed by atoms with Crippen molar-refractivity contribution in [3.05, 3.63) is 47.9 Å². The van der Waals surface area contributed by atoms with Crippen molar-refractivity contribution in [2.75, 3.05) is 7.11 Å². The third kappa shape index (κ3) is 2.89. The van der Waals surface area contributed by atoms with E-state index in [1.54, 1.807) is 32.1 Å². The lowest BCUT2D eigenvalue weighted by Gasteiger charge is -2.15. The number of methoxy groups -OCH3 is 1. The molecule has 4 heteroatoms. The third-order valence-electron chi connectivity index (χ3n) is 2.61. The van der Waals surface area contributed by atoms with Gasteiger partial charge < -0.3 is 14.3 Å². The van der Waals surface area contributed by atoms with Crippen LogP contribution in [0.3, 0.4) is 0 Å². The lowest BCUT2D eigenvalue weighted by Crippen LogP contribution is -1.99. The molecule has 18 heavy (non-hydrogen) atoms. The number of benzene rings is 1. The number of aliphatic hydroxyl groups excluding tert-OH is 1. The van der Waals surface area contributed by atoms with Crippen LogP contribution in [0.5, 0.6) is 5.75 Å². The Hall–Kier alpha value is -1.39. The Bertz CT molecular complexity index is 492. The van der Waals surface area contributed by atoms with Crippen molar-refractivity contribution in [2.24, 2.45) is 0 Å². The van der Waals surface area contributed by atoms with Crippen LogP contribution >= 0.6 is 11.8 Å². The SMILES string of the molecule is COc1cccc(SCc2ccco2)c1[C@@H](C)O. The molecule has 0 aliphatic heterocycles. The second-order valence-electron chi connectivity index (χ2n) is 3.92. The minimum atomic E-state index is -0.555. The van der Waals surface area contributed by atoms with Gasteiger partial charge in [-0.15, -0.1) is 11.8 Å². The van der Waals surface area contributed by atoms with Crippen molar-refractivity contribution in [3.63, 3.8) is 0 Å². The first-order valence-electron chi connectivity index (χ1n) is 5.72. The van der Waals surface area contributed by atoms with Gasteiger partial charge in [0.05, 0.1) is 25.2 Å². The molecule has 0 spiro atoms. The molecule has 3 nitrogen and oxygen atoms in total. The maximum absolute atomic E-state index is 9.86. The van der Waals surface area contributed by atoms with Gasteiger partial charge in [-0.3, -0.25) is 0 Å². The number of aliphatic hydroxyl groups is 1. The van der Waals surface area contributed by atoms with Crippen LogP contribution in [0, 0.1) is 0 Å².